The molecule has 0 radical (unpaired) electrons. The minimum atomic E-state index is -3.66. The van der Waals surface area contributed by atoms with Gasteiger partial charge in [-0.05, 0) is 36.2 Å². The van der Waals surface area contributed by atoms with E-state index in [1.807, 2.05) is 6.07 Å². The quantitative estimate of drug-likeness (QED) is 0.630. The number of amides is 1. The fourth-order valence-electron chi connectivity index (χ4n) is 4.08. The van der Waals surface area contributed by atoms with Crippen molar-refractivity contribution in [3.05, 3.63) is 70.4 Å². The van der Waals surface area contributed by atoms with Crippen LogP contribution in [0.1, 0.15) is 17.9 Å². The zero-order chi connectivity index (χ0) is 22.3. The Hall–Kier alpha value is -3.04. The van der Waals surface area contributed by atoms with Crippen molar-refractivity contribution in [3.8, 4) is 0 Å². The van der Waals surface area contributed by atoms with Gasteiger partial charge in [-0.2, -0.15) is 0 Å². The summed E-state index contributed by atoms with van der Waals surface area (Å²) in [6, 6.07) is 13.0. The van der Waals surface area contributed by atoms with E-state index in [0.717, 1.165) is 6.26 Å². The summed E-state index contributed by atoms with van der Waals surface area (Å²) in [6.07, 6.45) is 1.10. The van der Waals surface area contributed by atoms with Crippen molar-refractivity contribution in [2.45, 2.75) is 18.4 Å². The Morgan fingerprint density at radius 3 is 2.58 bits per heavy atom. The normalized spacial score (nSPS) is 21.0. The van der Waals surface area contributed by atoms with Crippen molar-refractivity contribution in [3.63, 3.8) is 0 Å². The number of anilines is 2. The van der Waals surface area contributed by atoms with Crippen molar-refractivity contribution < 1.29 is 23.1 Å². The van der Waals surface area contributed by atoms with Crippen LogP contribution in [0.5, 0.6) is 0 Å². The molecule has 0 aliphatic carbocycles. The highest BCUT2D eigenvalue weighted by Crippen LogP contribution is 2.43. The van der Waals surface area contributed by atoms with E-state index in [1.165, 1.54) is 4.90 Å². The fourth-order valence-corrected chi connectivity index (χ4v) is 4.87. The van der Waals surface area contributed by atoms with E-state index >= 15 is 0 Å². The molecular formula is C21H20ClN3O5S. The number of hydrogen-bond acceptors (Lipinski definition) is 5. The minimum absolute atomic E-state index is 0.0375. The Labute approximate surface area is 184 Å². The van der Waals surface area contributed by atoms with Crippen molar-refractivity contribution in [1.82, 2.24) is 4.72 Å². The average Bonchev–Trinajstić information content (AvgIpc) is 3.01. The van der Waals surface area contributed by atoms with Gasteiger partial charge in [0.1, 0.15) is 6.04 Å². The van der Waals surface area contributed by atoms with Gasteiger partial charge in [0.05, 0.1) is 18.5 Å². The Kier molecular flexibility index (Phi) is 5.40. The standard InChI is InChI=1S/C21H20ClN3O5S/c1-31(29,30)24-18-11-25(13-5-3-2-4-6-13)20(26)19(18)15-10-17(21(27)28)23-16-9-12(22)7-8-14(15)16/h2-9,15,17,23-24H,10-11H2,1H3,(H,27,28). The van der Waals surface area contributed by atoms with Crippen LogP contribution in [0.4, 0.5) is 11.4 Å². The molecule has 0 bridgehead atoms. The van der Waals surface area contributed by atoms with Crippen LogP contribution in [0.2, 0.25) is 5.02 Å². The number of hydrogen-bond donors (Lipinski definition) is 3. The molecule has 0 fully saturated rings. The molecule has 0 spiro atoms. The largest absolute Gasteiger partial charge is 0.480 e. The van der Waals surface area contributed by atoms with E-state index in [2.05, 4.69) is 10.0 Å². The molecule has 2 heterocycles. The molecule has 1 amide bonds. The SMILES string of the molecule is CS(=O)(=O)NC1=C(C2CC(C(=O)O)Nc3cc(Cl)ccc32)C(=O)N(c2ccccc2)C1. The number of carbonyl (C=O) groups excluding carboxylic acids is 1. The lowest BCUT2D eigenvalue weighted by atomic mass is 9.81. The fraction of sp³-hybridized carbons (Fsp3) is 0.238. The molecule has 2 aromatic rings. The molecular weight excluding hydrogens is 442 g/mol. The molecule has 8 nitrogen and oxygen atoms in total. The summed E-state index contributed by atoms with van der Waals surface area (Å²) in [7, 11) is -3.66. The number of carbonyl (C=O) groups is 2. The lowest BCUT2D eigenvalue weighted by Gasteiger charge is -2.32. The number of carboxylic acids is 1. The maximum atomic E-state index is 13.5. The summed E-state index contributed by atoms with van der Waals surface area (Å²) >= 11 is 6.09. The zero-order valence-electron chi connectivity index (χ0n) is 16.5. The number of rotatable bonds is 5. The Morgan fingerprint density at radius 2 is 1.94 bits per heavy atom. The summed E-state index contributed by atoms with van der Waals surface area (Å²) in [4.78, 5) is 26.7. The molecule has 162 valence electrons. The molecule has 0 saturated heterocycles. The number of nitrogens with zero attached hydrogens (tertiary/aromatic N) is 1. The first-order chi connectivity index (χ1) is 14.6. The number of sulfonamides is 1. The number of aliphatic carboxylic acids is 1. The summed E-state index contributed by atoms with van der Waals surface area (Å²) in [5.74, 6) is -2.06. The first-order valence-corrected chi connectivity index (χ1v) is 11.8. The van der Waals surface area contributed by atoms with E-state index in [9.17, 15) is 23.1 Å². The Balaban J connectivity index is 1.84. The zero-order valence-corrected chi connectivity index (χ0v) is 18.1. The van der Waals surface area contributed by atoms with Crippen molar-refractivity contribution in [1.29, 1.82) is 0 Å². The van der Waals surface area contributed by atoms with Gasteiger partial charge in [0.15, 0.2) is 0 Å². The van der Waals surface area contributed by atoms with Crippen LogP contribution in [0.3, 0.4) is 0 Å². The lowest BCUT2D eigenvalue weighted by Crippen LogP contribution is -2.37. The molecule has 2 unspecified atom stereocenters. The van der Waals surface area contributed by atoms with Crippen LogP contribution < -0.4 is 14.9 Å². The third-order valence-corrected chi connectivity index (χ3v) is 6.18. The molecule has 3 N–H and O–H groups in total. The maximum absolute atomic E-state index is 13.5. The predicted molar refractivity (Wildman–Crippen MR) is 118 cm³/mol. The van der Waals surface area contributed by atoms with Crippen molar-refractivity contribution >= 4 is 44.9 Å². The number of nitrogens with one attached hydrogen (secondary N) is 2. The first kappa shape index (κ1) is 21.2. The first-order valence-electron chi connectivity index (χ1n) is 9.50. The second-order valence-corrected chi connectivity index (χ2v) is 9.73. The predicted octanol–water partition coefficient (Wildman–Crippen LogP) is 2.54. The van der Waals surface area contributed by atoms with Crippen LogP contribution in [0.15, 0.2) is 59.8 Å². The van der Waals surface area contributed by atoms with Gasteiger partial charge < -0.3 is 15.3 Å². The summed E-state index contributed by atoms with van der Waals surface area (Å²) in [5, 5.41) is 13.0. The van der Waals surface area contributed by atoms with E-state index in [-0.39, 0.29) is 30.1 Å². The van der Waals surface area contributed by atoms with Crippen molar-refractivity contribution in [2.75, 3.05) is 23.0 Å². The monoisotopic (exact) mass is 461 g/mol. The summed E-state index contributed by atoms with van der Waals surface area (Å²) in [5.41, 5.74) is 2.30. The molecule has 2 atom stereocenters. The van der Waals surface area contributed by atoms with Gasteiger partial charge >= 0.3 is 5.97 Å². The number of halogens is 1. The van der Waals surface area contributed by atoms with Crippen LogP contribution in [-0.4, -0.2) is 44.2 Å². The van der Waals surface area contributed by atoms with Gasteiger partial charge in [-0.1, -0.05) is 35.9 Å². The van der Waals surface area contributed by atoms with E-state index < -0.39 is 28.0 Å². The molecule has 0 aromatic heterocycles. The molecule has 2 aliphatic rings. The lowest BCUT2D eigenvalue weighted by molar-refractivity contribution is -0.138. The average molecular weight is 462 g/mol. The topological polar surface area (TPSA) is 116 Å². The van der Waals surface area contributed by atoms with E-state index in [0.29, 0.717) is 22.0 Å². The van der Waals surface area contributed by atoms with Gasteiger partial charge in [0, 0.05) is 27.9 Å². The molecule has 2 aliphatic heterocycles. The highest BCUT2D eigenvalue weighted by Gasteiger charge is 2.42. The Morgan fingerprint density at radius 1 is 1.23 bits per heavy atom. The molecule has 10 heteroatoms. The molecule has 4 rings (SSSR count). The van der Waals surface area contributed by atoms with E-state index in [4.69, 9.17) is 11.6 Å². The number of carboxylic acid groups (broad SMARTS) is 1. The van der Waals surface area contributed by atoms with Crippen LogP contribution >= 0.6 is 11.6 Å². The molecule has 31 heavy (non-hydrogen) atoms. The maximum Gasteiger partial charge on any atom is 0.326 e. The smallest absolute Gasteiger partial charge is 0.326 e. The van der Waals surface area contributed by atoms with Crippen LogP contribution in [0.25, 0.3) is 0 Å². The molecule has 2 aromatic carbocycles. The second-order valence-electron chi connectivity index (χ2n) is 7.55. The third-order valence-electron chi connectivity index (χ3n) is 5.33. The van der Waals surface area contributed by atoms with Gasteiger partial charge in [-0.15, -0.1) is 0 Å². The second kappa shape index (κ2) is 7.90. The third kappa shape index (κ3) is 4.24. The van der Waals surface area contributed by atoms with Crippen LogP contribution in [0, 0.1) is 0 Å². The van der Waals surface area contributed by atoms with E-state index in [1.54, 1.807) is 42.5 Å². The summed E-state index contributed by atoms with van der Waals surface area (Å²) < 4.78 is 26.5. The highest BCUT2D eigenvalue weighted by molar-refractivity contribution is 7.88. The van der Waals surface area contributed by atoms with Gasteiger partial charge in [0.25, 0.3) is 5.91 Å². The van der Waals surface area contributed by atoms with Gasteiger partial charge in [-0.25, -0.2) is 13.2 Å². The number of fused-ring (bicyclic) bond motifs is 1. The highest BCUT2D eigenvalue weighted by atomic mass is 35.5. The summed E-state index contributed by atoms with van der Waals surface area (Å²) in [6.45, 7) is 0.0375. The number of benzene rings is 2. The van der Waals surface area contributed by atoms with Crippen molar-refractivity contribution in [2.24, 2.45) is 0 Å². The van der Waals surface area contributed by atoms with Gasteiger partial charge in [0.2, 0.25) is 10.0 Å². The van der Waals surface area contributed by atoms with Gasteiger partial charge in [-0.3, -0.25) is 9.52 Å². The van der Waals surface area contributed by atoms with Crippen LogP contribution in [-0.2, 0) is 19.6 Å². The number of para-hydroxylation sites is 1. The minimum Gasteiger partial charge on any atom is -0.480 e. The molecule has 0 saturated carbocycles. The Bertz CT molecular complexity index is 1200.